The summed E-state index contributed by atoms with van der Waals surface area (Å²) in [6.07, 6.45) is 1.38. The molecule has 0 aliphatic carbocycles. The minimum atomic E-state index is 0.0382. The number of nitrogens with two attached hydrogens (primary N) is 1. The molecule has 1 aromatic carbocycles. The van der Waals surface area contributed by atoms with Crippen LogP contribution in [0.5, 0.6) is 5.75 Å². The van der Waals surface area contributed by atoms with E-state index in [9.17, 15) is 0 Å². The summed E-state index contributed by atoms with van der Waals surface area (Å²) in [5.74, 6) is 0.868. The quantitative estimate of drug-likeness (QED) is 0.901. The minimum absolute atomic E-state index is 0.0382. The maximum atomic E-state index is 6.29. The molecule has 1 fully saturated rings. The van der Waals surface area contributed by atoms with Crippen LogP contribution in [0.4, 0.5) is 0 Å². The van der Waals surface area contributed by atoms with E-state index in [0.29, 0.717) is 6.10 Å². The summed E-state index contributed by atoms with van der Waals surface area (Å²) in [6, 6.07) is 8.05. The Labute approximate surface area is 115 Å². The summed E-state index contributed by atoms with van der Waals surface area (Å²) in [5, 5.41) is 0. The Kier molecular flexibility index (Phi) is 5.19. The Morgan fingerprint density at radius 2 is 2.16 bits per heavy atom. The van der Waals surface area contributed by atoms with Crippen LogP contribution in [0.2, 0.25) is 0 Å². The number of hydrogen-bond acceptors (Lipinski definition) is 4. The molecule has 1 saturated heterocycles. The molecular weight excluding hydrogens is 240 g/mol. The predicted molar refractivity (Wildman–Crippen MR) is 76.4 cm³/mol. The summed E-state index contributed by atoms with van der Waals surface area (Å²) in [7, 11) is 1.67. The van der Waals surface area contributed by atoms with Crippen molar-refractivity contribution in [2.75, 3.05) is 33.4 Å². The molecule has 2 rings (SSSR count). The molecule has 4 nitrogen and oxygen atoms in total. The van der Waals surface area contributed by atoms with Gasteiger partial charge in [0.05, 0.1) is 13.2 Å². The molecule has 0 aromatic heterocycles. The van der Waals surface area contributed by atoms with Crippen molar-refractivity contribution in [1.29, 1.82) is 0 Å². The van der Waals surface area contributed by atoms with Crippen molar-refractivity contribution in [3.63, 3.8) is 0 Å². The molecule has 4 heteroatoms. The van der Waals surface area contributed by atoms with Crippen LogP contribution in [0.15, 0.2) is 24.3 Å². The van der Waals surface area contributed by atoms with E-state index in [-0.39, 0.29) is 6.04 Å². The smallest absolute Gasteiger partial charge is 0.118 e. The van der Waals surface area contributed by atoms with E-state index in [0.717, 1.165) is 44.0 Å². The van der Waals surface area contributed by atoms with Crippen molar-refractivity contribution in [2.24, 2.45) is 5.73 Å². The van der Waals surface area contributed by atoms with Gasteiger partial charge >= 0.3 is 0 Å². The number of hydrogen-bond donors (Lipinski definition) is 1. The lowest BCUT2D eigenvalue weighted by Crippen LogP contribution is -2.36. The van der Waals surface area contributed by atoms with Gasteiger partial charge in [-0.25, -0.2) is 0 Å². The molecule has 0 saturated carbocycles. The Balaban J connectivity index is 1.93. The van der Waals surface area contributed by atoms with Crippen LogP contribution in [-0.4, -0.2) is 44.4 Å². The molecule has 19 heavy (non-hydrogen) atoms. The summed E-state index contributed by atoms with van der Waals surface area (Å²) in [5.41, 5.74) is 7.44. The minimum Gasteiger partial charge on any atom is -0.497 e. The van der Waals surface area contributed by atoms with Gasteiger partial charge in [0.2, 0.25) is 0 Å². The first-order valence-corrected chi connectivity index (χ1v) is 6.92. The average molecular weight is 264 g/mol. The normalized spacial score (nSPS) is 22.8. The average Bonchev–Trinajstić information content (AvgIpc) is 2.63. The van der Waals surface area contributed by atoms with E-state index in [1.165, 1.54) is 0 Å². The summed E-state index contributed by atoms with van der Waals surface area (Å²) < 4.78 is 10.8. The highest BCUT2D eigenvalue weighted by Crippen LogP contribution is 2.18. The van der Waals surface area contributed by atoms with E-state index in [1.807, 2.05) is 24.3 Å². The number of rotatable bonds is 4. The molecule has 1 aliphatic heterocycles. The van der Waals surface area contributed by atoms with Gasteiger partial charge in [0, 0.05) is 32.3 Å². The zero-order valence-corrected chi connectivity index (χ0v) is 11.8. The van der Waals surface area contributed by atoms with Crippen LogP contribution in [0, 0.1) is 0 Å². The molecule has 0 radical (unpaired) electrons. The number of nitrogens with zero attached hydrogens (tertiary/aromatic N) is 1. The Hall–Kier alpha value is -1.10. The molecule has 106 valence electrons. The van der Waals surface area contributed by atoms with Crippen LogP contribution < -0.4 is 10.5 Å². The zero-order chi connectivity index (χ0) is 13.7. The molecule has 2 unspecified atom stereocenters. The Bertz CT molecular complexity index is 380. The second-order valence-corrected chi connectivity index (χ2v) is 5.17. The first kappa shape index (κ1) is 14.3. The van der Waals surface area contributed by atoms with E-state index >= 15 is 0 Å². The molecular formula is C15H24N2O2. The molecule has 1 aromatic rings. The van der Waals surface area contributed by atoms with Gasteiger partial charge in [0.25, 0.3) is 0 Å². The van der Waals surface area contributed by atoms with Crippen LogP contribution in [0.25, 0.3) is 0 Å². The highest BCUT2D eigenvalue weighted by atomic mass is 16.5. The summed E-state index contributed by atoms with van der Waals surface area (Å²) in [6.45, 7) is 5.88. The maximum absolute atomic E-state index is 6.29. The lowest BCUT2D eigenvalue weighted by Gasteiger charge is -2.25. The number of ether oxygens (including phenoxy) is 2. The second-order valence-electron chi connectivity index (χ2n) is 5.17. The molecule has 1 aliphatic rings. The Morgan fingerprint density at radius 3 is 2.84 bits per heavy atom. The van der Waals surface area contributed by atoms with Crippen LogP contribution >= 0.6 is 0 Å². The van der Waals surface area contributed by atoms with Crippen LogP contribution in [0.3, 0.4) is 0 Å². The van der Waals surface area contributed by atoms with Gasteiger partial charge < -0.3 is 15.2 Å². The van der Waals surface area contributed by atoms with Gasteiger partial charge in [-0.15, -0.1) is 0 Å². The van der Waals surface area contributed by atoms with Gasteiger partial charge in [-0.1, -0.05) is 12.1 Å². The molecule has 2 atom stereocenters. The lowest BCUT2D eigenvalue weighted by molar-refractivity contribution is 0.0670. The second kappa shape index (κ2) is 6.89. The third kappa shape index (κ3) is 4.20. The Morgan fingerprint density at radius 1 is 1.42 bits per heavy atom. The summed E-state index contributed by atoms with van der Waals surface area (Å²) >= 11 is 0. The largest absolute Gasteiger partial charge is 0.497 e. The highest BCUT2D eigenvalue weighted by molar-refractivity contribution is 5.29. The number of benzene rings is 1. The van der Waals surface area contributed by atoms with Crippen molar-refractivity contribution >= 4 is 0 Å². The maximum Gasteiger partial charge on any atom is 0.118 e. The zero-order valence-electron chi connectivity index (χ0n) is 11.8. The topological polar surface area (TPSA) is 47.7 Å². The number of methoxy groups -OCH3 is 1. The fourth-order valence-corrected chi connectivity index (χ4v) is 2.48. The van der Waals surface area contributed by atoms with Crippen molar-refractivity contribution in [3.8, 4) is 5.75 Å². The van der Waals surface area contributed by atoms with Gasteiger partial charge in [0.15, 0.2) is 0 Å². The fourth-order valence-electron chi connectivity index (χ4n) is 2.48. The van der Waals surface area contributed by atoms with E-state index in [1.54, 1.807) is 7.11 Å². The van der Waals surface area contributed by atoms with E-state index in [4.69, 9.17) is 15.2 Å². The van der Waals surface area contributed by atoms with Crippen molar-refractivity contribution in [3.05, 3.63) is 29.8 Å². The van der Waals surface area contributed by atoms with Crippen molar-refractivity contribution in [1.82, 2.24) is 4.90 Å². The molecule has 0 amide bonds. The van der Waals surface area contributed by atoms with E-state index < -0.39 is 0 Å². The third-order valence-corrected chi connectivity index (χ3v) is 3.54. The highest BCUT2D eigenvalue weighted by Gasteiger charge is 2.18. The lowest BCUT2D eigenvalue weighted by atomic mass is 10.1. The van der Waals surface area contributed by atoms with Gasteiger partial charge in [-0.2, -0.15) is 0 Å². The van der Waals surface area contributed by atoms with Crippen LogP contribution in [-0.2, 0) is 4.74 Å². The fraction of sp³-hybridized carbons (Fsp3) is 0.600. The third-order valence-electron chi connectivity index (χ3n) is 3.54. The monoisotopic (exact) mass is 264 g/mol. The van der Waals surface area contributed by atoms with Gasteiger partial charge in [0.1, 0.15) is 5.75 Å². The van der Waals surface area contributed by atoms with Crippen LogP contribution in [0.1, 0.15) is 24.9 Å². The SMILES string of the molecule is COc1ccc(C(N)CN2CCCOC(C)C2)cc1. The molecule has 0 spiro atoms. The molecule has 0 bridgehead atoms. The predicted octanol–water partition coefficient (Wildman–Crippen LogP) is 1.81. The first-order valence-electron chi connectivity index (χ1n) is 6.92. The van der Waals surface area contributed by atoms with Gasteiger partial charge in [-0.05, 0) is 31.0 Å². The van der Waals surface area contributed by atoms with Crippen molar-refractivity contribution < 1.29 is 9.47 Å². The summed E-state index contributed by atoms with van der Waals surface area (Å²) in [4.78, 5) is 2.40. The molecule has 1 heterocycles. The standard InChI is InChI=1S/C15H24N2O2/c1-12-10-17(8-3-9-19-12)11-15(16)13-4-6-14(18-2)7-5-13/h4-7,12,15H,3,8-11,16H2,1-2H3. The van der Waals surface area contributed by atoms with E-state index in [2.05, 4.69) is 11.8 Å². The first-order chi connectivity index (χ1) is 9.19. The van der Waals surface area contributed by atoms with Gasteiger partial charge in [-0.3, -0.25) is 4.90 Å². The van der Waals surface area contributed by atoms with Crippen molar-refractivity contribution in [2.45, 2.75) is 25.5 Å². The molecule has 2 N–H and O–H groups in total.